The normalized spacial score (nSPS) is 17.0. The van der Waals surface area contributed by atoms with E-state index in [4.69, 9.17) is 0 Å². The summed E-state index contributed by atoms with van der Waals surface area (Å²) in [5.41, 5.74) is 0. The quantitative estimate of drug-likeness (QED) is 0.667. The molecule has 2 heteroatoms. The van der Waals surface area contributed by atoms with Gasteiger partial charge in [0.2, 0.25) is 0 Å². The molecule has 0 heterocycles. The van der Waals surface area contributed by atoms with Crippen LogP contribution < -0.4 is 0 Å². The van der Waals surface area contributed by atoms with E-state index in [1.54, 1.807) is 0 Å². The average Bonchev–Trinajstić information content (AvgIpc) is 1.98. The van der Waals surface area contributed by atoms with Gasteiger partial charge in [-0.15, -0.1) is 0 Å². The molecule has 2 N–H and O–H groups in total. The predicted octanol–water partition coefficient (Wildman–Crippen LogP) is 1.80. The van der Waals surface area contributed by atoms with Crippen molar-refractivity contribution in [2.45, 2.75) is 52.7 Å². The van der Waals surface area contributed by atoms with Gasteiger partial charge in [-0.2, -0.15) is 0 Å². The molecule has 0 amide bonds. The highest BCUT2D eigenvalue weighted by Crippen LogP contribution is 2.13. The zero-order valence-corrected chi connectivity index (χ0v) is 8.62. The van der Waals surface area contributed by atoms with Gasteiger partial charge in [0.25, 0.3) is 0 Å². The van der Waals surface area contributed by atoms with Crippen molar-refractivity contribution in [3.8, 4) is 0 Å². The van der Waals surface area contributed by atoms with Crippen molar-refractivity contribution in [2.24, 2.45) is 11.8 Å². The van der Waals surface area contributed by atoms with Gasteiger partial charge < -0.3 is 10.2 Å². The molecule has 2 atom stereocenters. The fourth-order valence-corrected chi connectivity index (χ4v) is 1.01. The van der Waals surface area contributed by atoms with E-state index in [1.165, 1.54) is 0 Å². The second kappa shape index (κ2) is 5.55. The second-order valence-corrected chi connectivity index (χ2v) is 4.20. The maximum atomic E-state index is 9.45. The standard InChI is InChI=1S/C10H22O2/c1-7(2)9(11)5-6-10(12)8(3)4/h7-12H,5-6H2,1-4H3/t9-,10+. The minimum Gasteiger partial charge on any atom is -0.393 e. The third kappa shape index (κ3) is 4.73. The maximum Gasteiger partial charge on any atom is 0.0564 e. The number of rotatable bonds is 5. The van der Waals surface area contributed by atoms with Crippen molar-refractivity contribution < 1.29 is 10.2 Å². The maximum absolute atomic E-state index is 9.45. The monoisotopic (exact) mass is 174 g/mol. The Bertz CT molecular complexity index is 96.4. The fraction of sp³-hybridized carbons (Fsp3) is 1.00. The molecule has 0 rings (SSSR count). The molecule has 0 aromatic carbocycles. The first-order valence-electron chi connectivity index (χ1n) is 4.81. The molecule has 0 aliphatic carbocycles. The molecule has 0 aromatic rings. The van der Waals surface area contributed by atoms with Crippen molar-refractivity contribution in [3.63, 3.8) is 0 Å². The van der Waals surface area contributed by atoms with Crippen LogP contribution in [0.5, 0.6) is 0 Å². The van der Waals surface area contributed by atoms with E-state index in [0.717, 1.165) is 0 Å². The van der Waals surface area contributed by atoms with E-state index in [2.05, 4.69) is 0 Å². The zero-order chi connectivity index (χ0) is 9.72. The lowest BCUT2D eigenvalue weighted by molar-refractivity contribution is 0.0675. The Labute approximate surface area is 75.6 Å². The van der Waals surface area contributed by atoms with Crippen LogP contribution >= 0.6 is 0 Å². The van der Waals surface area contributed by atoms with E-state index in [0.29, 0.717) is 24.7 Å². The smallest absolute Gasteiger partial charge is 0.0564 e. The first-order valence-corrected chi connectivity index (χ1v) is 4.81. The summed E-state index contributed by atoms with van der Waals surface area (Å²) in [6, 6.07) is 0. The van der Waals surface area contributed by atoms with Crippen LogP contribution in [0.25, 0.3) is 0 Å². The number of hydrogen-bond donors (Lipinski definition) is 2. The van der Waals surface area contributed by atoms with Crippen molar-refractivity contribution in [1.29, 1.82) is 0 Å². The van der Waals surface area contributed by atoms with E-state index in [9.17, 15) is 10.2 Å². The number of hydrogen-bond acceptors (Lipinski definition) is 2. The molecule has 0 aliphatic heterocycles. The molecule has 0 aromatic heterocycles. The van der Waals surface area contributed by atoms with Crippen molar-refractivity contribution in [1.82, 2.24) is 0 Å². The topological polar surface area (TPSA) is 40.5 Å². The predicted molar refractivity (Wildman–Crippen MR) is 50.9 cm³/mol. The molecule has 0 spiro atoms. The summed E-state index contributed by atoms with van der Waals surface area (Å²) in [5.74, 6) is 0.591. The molecule has 0 saturated heterocycles. The van der Waals surface area contributed by atoms with E-state index < -0.39 is 0 Å². The molecular weight excluding hydrogens is 152 g/mol. The average molecular weight is 174 g/mol. The van der Waals surface area contributed by atoms with Gasteiger partial charge in [-0.3, -0.25) is 0 Å². The third-order valence-electron chi connectivity index (χ3n) is 2.30. The summed E-state index contributed by atoms with van der Waals surface area (Å²) in [5, 5.41) is 18.9. The summed E-state index contributed by atoms with van der Waals surface area (Å²) in [4.78, 5) is 0. The Hall–Kier alpha value is -0.0800. The summed E-state index contributed by atoms with van der Waals surface area (Å²) in [6.07, 6.45) is 0.880. The Balaban J connectivity index is 3.54. The van der Waals surface area contributed by atoms with Gasteiger partial charge in [0, 0.05) is 0 Å². The van der Waals surface area contributed by atoms with Gasteiger partial charge in [-0.1, -0.05) is 27.7 Å². The Morgan fingerprint density at radius 1 is 0.750 bits per heavy atom. The SMILES string of the molecule is CC(C)[C@H](O)CC[C@H](O)C(C)C. The Morgan fingerprint density at radius 2 is 1.00 bits per heavy atom. The number of aliphatic hydroxyl groups is 2. The van der Waals surface area contributed by atoms with Gasteiger partial charge in [0.1, 0.15) is 0 Å². The minimum absolute atomic E-state index is 0.265. The third-order valence-corrected chi connectivity index (χ3v) is 2.30. The Morgan fingerprint density at radius 3 is 1.17 bits per heavy atom. The van der Waals surface area contributed by atoms with Crippen molar-refractivity contribution in [2.75, 3.05) is 0 Å². The van der Waals surface area contributed by atoms with Gasteiger partial charge in [0.05, 0.1) is 12.2 Å². The minimum atomic E-state index is -0.265. The van der Waals surface area contributed by atoms with Crippen molar-refractivity contribution >= 4 is 0 Å². The summed E-state index contributed by atoms with van der Waals surface area (Å²) in [7, 11) is 0. The van der Waals surface area contributed by atoms with Crippen LogP contribution in [0.15, 0.2) is 0 Å². The van der Waals surface area contributed by atoms with Crippen LogP contribution in [0.4, 0.5) is 0 Å². The van der Waals surface area contributed by atoms with Crippen LogP contribution in [0.2, 0.25) is 0 Å². The first kappa shape index (κ1) is 11.9. The molecular formula is C10H22O2. The lowest BCUT2D eigenvalue weighted by Crippen LogP contribution is -2.20. The molecule has 0 saturated carbocycles. The summed E-state index contributed by atoms with van der Waals surface area (Å²) >= 11 is 0. The summed E-state index contributed by atoms with van der Waals surface area (Å²) < 4.78 is 0. The molecule has 0 bridgehead atoms. The lowest BCUT2D eigenvalue weighted by Gasteiger charge is -2.18. The van der Waals surface area contributed by atoms with Crippen LogP contribution in [0, 0.1) is 11.8 Å². The van der Waals surface area contributed by atoms with E-state index in [1.807, 2.05) is 27.7 Å². The highest BCUT2D eigenvalue weighted by Gasteiger charge is 2.14. The largest absolute Gasteiger partial charge is 0.393 e. The van der Waals surface area contributed by atoms with Gasteiger partial charge in [-0.05, 0) is 24.7 Å². The fourth-order valence-electron chi connectivity index (χ4n) is 1.01. The van der Waals surface area contributed by atoms with Crippen LogP contribution in [-0.2, 0) is 0 Å². The van der Waals surface area contributed by atoms with E-state index >= 15 is 0 Å². The first-order chi connectivity index (χ1) is 5.45. The molecule has 2 nitrogen and oxygen atoms in total. The molecule has 0 radical (unpaired) electrons. The summed E-state index contributed by atoms with van der Waals surface area (Å²) in [6.45, 7) is 7.97. The zero-order valence-electron chi connectivity index (χ0n) is 8.62. The second-order valence-electron chi connectivity index (χ2n) is 4.20. The van der Waals surface area contributed by atoms with Gasteiger partial charge >= 0.3 is 0 Å². The molecule has 0 fully saturated rings. The molecule has 12 heavy (non-hydrogen) atoms. The lowest BCUT2D eigenvalue weighted by atomic mass is 9.96. The van der Waals surface area contributed by atoms with E-state index in [-0.39, 0.29) is 12.2 Å². The van der Waals surface area contributed by atoms with Gasteiger partial charge in [-0.25, -0.2) is 0 Å². The Kier molecular flexibility index (Phi) is 5.51. The highest BCUT2D eigenvalue weighted by atomic mass is 16.3. The number of aliphatic hydroxyl groups excluding tert-OH is 2. The molecule has 74 valence electrons. The van der Waals surface area contributed by atoms with Crippen molar-refractivity contribution in [3.05, 3.63) is 0 Å². The molecule has 0 unspecified atom stereocenters. The molecule has 0 aliphatic rings. The van der Waals surface area contributed by atoms with Crippen LogP contribution in [0.3, 0.4) is 0 Å². The van der Waals surface area contributed by atoms with Crippen LogP contribution in [-0.4, -0.2) is 22.4 Å². The van der Waals surface area contributed by atoms with Gasteiger partial charge in [0.15, 0.2) is 0 Å². The van der Waals surface area contributed by atoms with Crippen LogP contribution in [0.1, 0.15) is 40.5 Å². The highest BCUT2D eigenvalue weighted by molar-refractivity contribution is 4.65.